The quantitative estimate of drug-likeness (QED) is 0.305. The van der Waals surface area contributed by atoms with Gasteiger partial charge in [0.05, 0.1) is 46.4 Å². The Morgan fingerprint density at radius 3 is 2.00 bits per heavy atom. The summed E-state index contributed by atoms with van der Waals surface area (Å²) >= 11 is 5.47. The molecule has 0 fully saturated rings. The van der Waals surface area contributed by atoms with Gasteiger partial charge in [0.1, 0.15) is 0 Å². The average Bonchev–Trinajstić information content (AvgIpc) is 1.98. The Balaban J connectivity index is 0. The molecule has 0 rings (SSSR count). The highest BCUT2D eigenvalue weighted by Crippen LogP contribution is 2.31. The Bertz CT molecular complexity index is 263. The van der Waals surface area contributed by atoms with Crippen LogP contribution in [-0.2, 0) is 9.36 Å². The molecule has 0 atom stereocenters. The van der Waals surface area contributed by atoms with Crippen LogP contribution in [0.15, 0.2) is 0 Å². The smallest absolute Gasteiger partial charge is 0.339 e. The molecule has 0 radical (unpaired) electrons. The zero-order valence-electron chi connectivity index (χ0n) is 10.3. The van der Waals surface area contributed by atoms with Crippen LogP contribution in [0.3, 0.4) is 0 Å². The number of hydrogen-bond acceptors (Lipinski definition) is 3. The SMILES string of the molecule is C[N+](C)(C)CCCl.O=C(O)CNCP(=O)(O)O. The predicted octanol–water partition coefficient (Wildman–Crippen LogP) is -0.273. The number of carbonyl (C=O) groups is 1. The van der Waals surface area contributed by atoms with Crippen molar-refractivity contribution in [3.8, 4) is 0 Å². The van der Waals surface area contributed by atoms with Crippen molar-refractivity contribution in [3.63, 3.8) is 0 Å². The van der Waals surface area contributed by atoms with E-state index in [1.807, 2.05) is 0 Å². The number of quaternary nitrogens is 1. The molecule has 0 amide bonds. The van der Waals surface area contributed by atoms with Crippen molar-refractivity contribution in [2.75, 3.05) is 46.4 Å². The van der Waals surface area contributed by atoms with Gasteiger partial charge in [0.2, 0.25) is 0 Å². The third kappa shape index (κ3) is 25.8. The number of halogens is 1. The van der Waals surface area contributed by atoms with Gasteiger partial charge in [-0.2, -0.15) is 0 Å². The maximum Gasteiger partial charge on any atom is 0.339 e. The number of hydrogen-bond donors (Lipinski definition) is 4. The van der Waals surface area contributed by atoms with Gasteiger partial charge in [-0.3, -0.25) is 14.7 Å². The zero-order valence-corrected chi connectivity index (χ0v) is 11.9. The lowest BCUT2D eigenvalue weighted by atomic mass is 10.6. The molecule has 0 aromatic heterocycles. The molecule has 4 N–H and O–H groups in total. The van der Waals surface area contributed by atoms with E-state index >= 15 is 0 Å². The molecule has 0 bridgehead atoms. The fraction of sp³-hybridized carbons (Fsp3) is 0.875. The van der Waals surface area contributed by atoms with Crippen LogP contribution in [0, 0.1) is 0 Å². The Morgan fingerprint density at radius 2 is 1.82 bits per heavy atom. The number of nitrogens with one attached hydrogen (secondary N) is 1. The standard InChI is InChI=1S/C5H13ClN.C3H8NO5P/c1-7(2,3)5-4-6;5-3(6)1-4-2-10(7,8)9/h4-5H2,1-3H3;4H,1-2H2,(H,5,6)(H2,7,8,9)/q+1;. The topological polar surface area (TPSA) is 107 Å². The molecule has 0 saturated heterocycles. The Kier molecular flexibility index (Phi) is 9.99. The minimum Gasteiger partial charge on any atom is -0.480 e. The molecule has 17 heavy (non-hydrogen) atoms. The van der Waals surface area contributed by atoms with E-state index in [9.17, 15) is 9.36 Å². The van der Waals surface area contributed by atoms with Crippen molar-refractivity contribution in [1.82, 2.24) is 5.32 Å². The third-order valence-corrected chi connectivity index (χ3v) is 2.15. The molecule has 0 aliphatic heterocycles. The lowest BCUT2D eigenvalue weighted by Crippen LogP contribution is -2.35. The van der Waals surface area contributed by atoms with Gasteiger partial charge in [-0.15, -0.1) is 11.6 Å². The van der Waals surface area contributed by atoms with Crippen molar-refractivity contribution in [1.29, 1.82) is 0 Å². The summed E-state index contributed by atoms with van der Waals surface area (Å²) in [6.45, 7) is 0.604. The highest BCUT2D eigenvalue weighted by Gasteiger charge is 2.11. The van der Waals surface area contributed by atoms with Crippen LogP contribution >= 0.6 is 19.2 Å². The predicted molar refractivity (Wildman–Crippen MR) is 66.2 cm³/mol. The van der Waals surface area contributed by atoms with Crippen molar-refractivity contribution in [3.05, 3.63) is 0 Å². The van der Waals surface area contributed by atoms with Gasteiger partial charge < -0.3 is 19.4 Å². The van der Waals surface area contributed by atoms with Crippen LogP contribution in [0.1, 0.15) is 0 Å². The maximum atomic E-state index is 10.1. The van der Waals surface area contributed by atoms with E-state index in [0.717, 1.165) is 16.9 Å². The van der Waals surface area contributed by atoms with Crippen LogP contribution < -0.4 is 5.32 Å². The fourth-order valence-electron chi connectivity index (χ4n) is 0.562. The fourth-order valence-corrected chi connectivity index (χ4v) is 1.47. The second kappa shape index (κ2) is 8.85. The van der Waals surface area contributed by atoms with Crippen LogP contribution in [0.5, 0.6) is 0 Å². The Labute approximate surface area is 106 Å². The second-order valence-electron chi connectivity index (χ2n) is 4.35. The summed E-state index contributed by atoms with van der Waals surface area (Å²) in [6, 6.07) is 0. The van der Waals surface area contributed by atoms with Crippen LogP contribution in [0.4, 0.5) is 0 Å². The molecular weight excluding hydrogens is 271 g/mol. The summed E-state index contributed by atoms with van der Waals surface area (Å²) in [6.07, 6.45) is -0.598. The number of carboxylic acids is 1. The van der Waals surface area contributed by atoms with Gasteiger partial charge in [0, 0.05) is 0 Å². The van der Waals surface area contributed by atoms with Gasteiger partial charge in [-0.25, -0.2) is 0 Å². The number of rotatable bonds is 6. The lowest BCUT2D eigenvalue weighted by Gasteiger charge is -2.21. The summed E-state index contributed by atoms with van der Waals surface area (Å²) in [7, 11) is 2.29. The Morgan fingerprint density at radius 1 is 1.35 bits per heavy atom. The van der Waals surface area contributed by atoms with E-state index in [4.69, 9.17) is 26.5 Å². The van der Waals surface area contributed by atoms with Gasteiger partial charge >= 0.3 is 13.6 Å². The molecule has 0 aliphatic carbocycles. The lowest BCUT2D eigenvalue weighted by molar-refractivity contribution is -0.867. The number of aliphatic carboxylic acids is 1. The molecule has 0 aromatic rings. The van der Waals surface area contributed by atoms with Crippen molar-refractivity contribution in [2.45, 2.75) is 0 Å². The molecule has 0 unspecified atom stereocenters. The summed E-state index contributed by atoms with van der Waals surface area (Å²) in [5.41, 5.74) is 0. The highest BCUT2D eigenvalue weighted by molar-refractivity contribution is 7.51. The summed E-state index contributed by atoms with van der Waals surface area (Å²) < 4.78 is 11.0. The van der Waals surface area contributed by atoms with Gasteiger partial charge in [0.25, 0.3) is 0 Å². The van der Waals surface area contributed by atoms with Crippen molar-refractivity contribution >= 4 is 25.2 Å². The zero-order chi connectivity index (χ0) is 14.1. The highest BCUT2D eigenvalue weighted by atomic mass is 35.5. The normalized spacial score (nSPS) is 11.6. The molecule has 9 heteroatoms. The van der Waals surface area contributed by atoms with Crippen LogP contribution in [-0.4, -0.2) is 71.7 Å². The third-order valence-electron chi connectivity index (χ3n) is 1.35. The molecular formula is C8H21ClN2O5P+. The van der Waals surface area contributed by atoms with Gasteiger partial charge in [0.15, 0.2) is 0 Å². The van der Waals surface area contributed by atoms with E-state index in [-0.39, 0.29) is 0 Å². The maximum absolute atomic E-state index is 10.1. The summed E-state index contributed by atoms with van der Waals surface area (Å²) in [5.74, 6) is -0.391. The molecule has 104 valence electrons. The first-order valence-electron chi connectivity index (χ1n) is 4.81. The van der Waals surface area contributed by atoms with E-state index < -0.39 is 26.4 Å². The molecule has 7 nitrogen and oxygen atoms in total. The van der Waals surface area contributed by atoms with E-state index in [1.54, 1.807) is 0 Å². The van der Waals surface area contributed by atoms with E-state index in [0.29, 0.717) is 0 Å². The molecule has 0 aliphatic rings. The van der Waals surface area contributed by atoms with Gasteiger partial charge in [-0.1, -0.05) is 0 Å². The minimum absolute atomic E-state index is 0.439. The molecule has 0 saturated carbocycles. The molecule has 0 heterocycles. The largest absolute Gasteiger partial charge is 0.480 e. The van der Waals surface area contributed by atoms with Crippen molar-refractivity contribution in [2.24, 2.45) is 0 Å². The van der Waals surface area contributed by atoms with E-state index in [2.05, 4.69) is 26.5 Å². The summed E-state index contributed by atoms with van der Waals surface area (Å²) in [4.78, 5) is 26.1. The minimum atomic E-state index is -4.10. The summed E-state index contributed by atoms with van der Waals surface area (Å²) in [5, 5.41) is 10.1. The first kappa shape index (κ1) is 19.2. The first-order chi connectivity index (χ1) is 7.48. The molecule has 0 spiro atoms. The number of carboxylic acid groups (broad SMARTS) is 1. The molecule has 0 aromatic carbocycles. The second-order valence-corrected chi connectivity index (χ2v) is 6.37. The monoisotopic (exact) mass is 291 g/mol. The van der Waals surface area contributed by atoms with E-state index in [1.165, 1.54) is 0 Å². The van der Waals surface area contributed by atoms with Gasteiger partial charge in [-0.05, 0) is 0 Å². The number of nitrogens with zero attached hydrogens (tertiary/aromatic N) is 1. The van der Waals surface area contributed by atoms with Crippen LogP contribution in [0.25, 0.3) is 0 Å². The number of alkyl halides is 1. The van der Waals surface area contributed by atoms with Crippen LogP contribution in [0.2, 0.25) is 0 Å². The van der Waals surface area contributed by atoms with Crippen molar-refractivity contribution < 1.29 is 28.7 Å². The first-order valence-corrected chi connectivity index (χ1v) is 7.14. The average molecular weight is 292 g/mol. The Hall–Kier alpha value is -0.170.